The molecule has 2 aromatic rings. The monoisotopic (exact) mass is 462 g/mol. The van der Waals surface area contributed by atoms with Crippen molar-refractivity contribution in [1.82, 2.24) is 10.2 Å². The molecule has 4 aliphatic rings. The third-order valence-electron chi connectivity index (χ3n) is 7.95. The first-order chi connectivity index (χ1) is 16.3. The molecule has 3 fully saturated rings. The Bertz CT molecular complexity index is 1020. The fourth-order valence-corrected chi connectivity index (χ4v) is 5.91. The van der Waals surface area contributed by atoms with Crippen LogP contribution in [-0.4, -0.2) is 42.8 Å². The van der Waals surface area contributed by atoms with Gasteiger partial charge in [-0.05, 0) is 98.3 Å². The van der Waals surface area contributed by atoms with Gasteiger partial charge in [-0.25, -0.2) is 4.79 Å². The zero-order chi connectivity index (χ0) is 23.9. The zero-order valence-electron chi connectivity index (χ0n) is 21.0. The second kappa shape index (κ2) is 9.26. The van der Waals surface area contributed by atoms with Crippen molar-refractivity contribution in [3.8, 4) is 16.9 Å². The quantitative estimate of drug-likeness (QED) is 0.594. The van der Waals surface area contributed by atoms with Gasteiger partial charge in [-0.2, -0.15) is 0 Å². The molecular weight excluding hydrogens is 424 g/mol. The summed E-state index contributed by atoms with van der Waals surface area (Å²) in [6.45, 7) is 11.7. The van der Waals surface area contributed by atoms with E-state index in [9.17, 15) is 4.79 Å². The van der Waals surface area contributed by atoms with Crippen molar-refractivity contribution in [2.75, 3.05) is 19.6 Å². The summed E-state index contributed by atoms with van der Waals surface area (Å²) >= 11 is 0. The van der Waals surface area contributed by atoms with Crippen LogP contribution in [0.25, 0.3) is 11.1 Å². The van der Waals surface area contributed by atoms with Crippen LogP contribution in [0, 0.1) is 11.3 Å². The van der Waals surface area contributed by atoms with Gasteiger partial charge >= 0.3 is 6.09 Å². The van der Waals surface area contributed by atoms with Crippen molar-refractivity contribution < 1.29 is 14.3 Å². The summed E-state index contributed by atoms with van der Waals surface area (Å²) < 4.78 is 11.7. The van der Waals surface area contributed by atoms with Gasteiger partial charge in [0.2, 0.25) is 0 Å². The van der Waals surface area contributed by atoms with Crippen LogP contribution in [0.2, 0.25) is 0 Å². The SMILES string of the molecule is CC(C)Oc1ccc(-c2ccc3c(c2)CCC(C)(C)[C@H]3NC(=O)O[C@@H]2CN3CCC2CC3)cc1. The topological polar surface area (TPSA) is 50.8 Å². The lowest BCUT2D eigenvalue weighted by Gasteiger charge is -2.44. The summed E-state index contributed by atoms with van der Waals surface area (Å²) in [5.74, 6) is 1.41. The number of hydrogen-bond donors (Lipinski definition) is 1. The minimum Gasteiger partial charge on any atom is -0.491 e. The average Bonchev–Trinajstić information content (AvgIpc) is 2.82. The van der Waals surface area contributed by atoms with Crippen molar-refractivity contribution >= 4 is 6.09 Å². The molecule has 5 heteroatoms. The number of piperidine rings is 3. The molecule has 3 aliphatic heterocycles. The summed E-state index contributed by atoms with van der Waals surface area (Å²) in [4.78, 5) is 15.4. The van der Waals surface area contributed by atoms with E-state index in [0.717, 1.165) is 51.1 Å². The third kappa shape index (κ3) is 4.81. The van der Waals surface area contributed by atoms with Crippen LogP contribution in [0.5, 0.6) is 5.75 Å². The number of aryl methyl sites for hydroxylation is 1. The van der Waals surface area contributed by atoms with Crippen LogP contribution in [-0.2, 0) is 11.2 Å². The normalized spacial score (nSPS) is 27.2. The molecule has 0 saturated carbocycles. The Morgan fingerprint density at radius 3 is 2.41 bits per heavy atom. The van der Waals surface area contributed by atoms with E-state index in [-0.39, 0.29) is 29.8 Å². The fourth-order valence-electron chi connectivity index (χ4n) is 5.91. The van der Waals surface area contributed by atoms with Gasteiger partial charge in [0.25, 0.3) is 0 Å². The number of fused-ring (bicyclic) bond motifs is 4. The van der Waals surface area contributed by atoms with Crippen molar-refractivity contribution in [2.45, 2.75) is 71.6 Å². The van der Waals surface area contributed by atoms with Crippen molar-refractivity contribution in [2.24, 2.45) is 11.3 Å². The highest BCUT2D eigenvalue weighted by Crippen LogP contribution is 2.44. The second-order valence-electron chi connectivity index (χ2n) is 11.3. The molecule has 5 nitrogen and oxygen atoms in total. The number of ether oxygens (including phenoxy) is 2. The van der Waals surface area contributed by atoms with E-state index in [1.165, 1.54) is 22.3 Å². The van der Waals surface area contributed by atoms with Gasteiger partial charge in [-0.1, -0.05) is 44.2 Å². The van der Waals surface area contributed by atoms with Crippen LogP contribution >= 0.6 is 0 Å². The Hall–Kier alpha value is -2.53. The predicted octanol–water partition coefficient (Wildman–Crippen LogP) is 5.97. The lowest BCUT2D eigenvalue weighted by molar-refractivity contribution is -0.0353. The van der Waals surface area contributed by atoms with Crippen molar-refractivity contribution in [3.63, 3.8) is 0 Å². The molecule has 6 rings (SSSR count). The molecule has 1 amide bonds. The Balaban J connectivity index is 1.32. The maximum atomic E-state index is 13.0. The highest BCUT2D eigenvalue weighted by atomic mass is 16.6. The number of nitrogens with one attached hydrogen (secondary N) is 1. The Labute approximate surface area is 203 Å². The third-order valence-corrected chi connectivity index (χ3v) is 7.95. The highest BCUT2D eigenvalue weighted by Gasteiger charge is 2.40. The number of nitrogens with zero attached hydrogens (tertiary/aromatic N) is 1. The Kier molecular flexibility index (Phi) is 6.32. The summed E-state index contributed by atoms with van der Waals surface area (Å²) in [7, 11) is 0. The lowest BCUT2D eigenvalue weighted by Crippen LogP contribution is -2.53. The van der Waals surface area contributed by atoms with E-state index >= 15 is 0 Å². The van der Waals surface area contributed by atoms with E-state index in [2.05, 4.69) is 54.4 Å². The maximum Gasteiger partial charge on any atom is 0.407 e. The van der Waals surface area contributed by atoms with Gasteiger partial charge in [0, 0.05) is 6.54 Å². The van der Waals surface area contributed by atoms with Gasteiger partial charge in [0.15, 0.2) is 0 Å². The molecule has 0 radical (unpaired) electrons. The lowest BCUT2D eigenvalue weighted by atomic mass is 9.70. The number of carbonyl (C=O) groups is 1. The van der Waals surface area contributed by atoms with Crippen molar-refractivity contribution in [1.29, 1.82) is 0 Å². The highest BCUT2D eigenvalue weighted by molar-refractivity contribution is 5.70. The number of carbonyl (C=O) groups excluding carboxylic acids is 1. The van der Waals surface area contributed by atoms with Crippen LogP contribution in [0.3, 0.4) is 0 Å². The Morgan fingerprint density at radius 1 is 1.06 bits per heavy atom. The molecule has 1 aliphatic carbocycles. The molecule has 1 N–H and O–H groups in total. The number of hydrogen-bond acceptors (Lipinski definition) is 4. The number of alkyl carbamates (subject to hydrolysis) is 1. The van der Waals surface area contributed by atoms with Crippen molar-refractivity contribution in [3.05, 3.63) is 53.6 Å². The van der Waals surface area contributed by atoms with E-state index < -0.39 is 0 Å². The van der Waals surface area contributed by atoms with Gasteiger partial charge in [0.1, 0.15) is 11.9 Å². The second-order valence-corrected chi connectivity index (χ2v) is 11.3. The average molecular weight is 463 g/mol. The van der Waals surface area contributed by atoms with E-state index in [4.69, 9.17) is 9.47 Å². The molecule has 3 heterocycles. The van der Waals surface area contributed by atoms with Gasteiger partial charge in [-0.3, -0.25) is 4.90 Å². The minimum absolute atomic E-state index is 0.0266. The molecule has 0 aromatic heterocycles. The molecular formula is C29H38N2O3. The summed E-state index contributed by atoms with van der Waals surface area (Å²) in [5.41, 5.74) is 4.87. The largest absolute Gasteiger partial charge is 0.491 e. The fraction of sp³-hybridized carbons (Fsp3) is 0.552. The van der Waals surface area contributed by atoms with Gasteiger partial charge in [0.05, 0.1) is 12.1 Å². The number of benzene rings is 2. The number of rotatable bonds is 5. The van der Waals surface area contributed by atoms with E-state index in [0.29, 0.717) is 5.92 Å². The molecule has 34 heavy (non-hydrogen) atoms. The number of amides is 1. The molecule has 2 atom stereocenters. The first kappa shape index (κ1) is 23.2. The van der Waals surface area contributed by atoms with E-state index in [1.54, 1.807) is 0 Å². The molecule has 3 saturated heterocycles. The Morgan fingerprint density at radius 2 is 1.76 bits per heavy atom. The molecule has 2 bridgehead atoms. The van der Waals surface area contributed by atoms with Crippen LogP contribution < -0.4 is 10.1 Å². The summed E-state index contributed by atoms with van der Waals surface area (Å²) in [6.07, 6.45) is 4.24. The molecule has 0 spiro atoms. The van der Waals surface area contributed by atoms with Crippen LogP contribution in [0.15, 0.2) is 42.5 Å². The van der Waals surface area contributed by atoms with Gasteiger partial charge < -0.3 is 14.8 Å². The van der Waals surface area contributed by atoms with Crippen LogP contribution in [0.4, 0.5) is 4.79 Å². The first-order valence-electron chi connectivity index (χ1n) is 12.9. The zero-order valence-corrected chi connectivity index (χ0v) is 21.0. The summed E-state index contributed by atoms with van der Waals surface area (Å²) in [5, 5.41) is 3.26. The maximum absolute atomic E-state index is 13.0. The predicted molar refractivity (Wildman–Crippen MR) is 135 cm³/mol. The summed E-state index contributed by atoms with van der Waals surface area (Å²) in [6, 6.07) is 14.9. The minimum atomic E-state index is -0.269. The van der Waals surface area contributed by atoms with Gasteiger partial charge in [-0.15, -0.1) is 0 Å². The molecule has 182 valence electrons. The smallest absolute Gasteiger partial charge is 0.407 e. The molecule has 0 unspecified atom stereocenters. The molecule has 2 aromatic carbocycles. The van der Waals surface area contributed by atoms with E-state index in [1.807, 2.05) is 26.0 Å². The van der Waals surface area contributed by atoms with Crippen LogP contribution in [0.1, 0.15) is 64.1 Å². The standard InChI is InChI=1S/C29H38N2O3/c1-19(2)33-24-8-5-20(6-9-24)22-7-10-25-23(17-22)11-14-29(3,4)27(25)30-28(32)34-26-18-31-15-12-21(26)13-16-31/h5-10,17,19,21,26-27H,11-16,18H2,1-4H3,(H,30,32)/t26-,27+/m1/s1. The first-order valence-corrected chi connectivity index (χ1v) is 12.9.